The zero-order valence-electron chi connectivity index (χ0n) is 19.4. The predicted molar refractivity (Wildman–Crippen MR) is 126 cm³/mol. The number of aryl methyl sites for hydroxylation is 1. The first-order chi connectivity index (χ1) is 17.0. The van der Waals surface area contributed by atoms with Crippen LogP contribution in [0.3, 0.4) is 0 Å². The van der Waals surface area contributed by atoms with Crippen molar-refractivity contribution in [3.8, 4) is 5.75 Å². The standard InChI is InChI=1S/C24H25FN4O6S/c1-28-13-19(36(32,33)34)27-23(28)21(22(26)31)35-18-9-5-8-17(10-18)24(11-16-6-3-2-4-7-16)14-29(15-24)20(30)12-25/h2-10,13,21H,11-12,14-15H2,1H3,(H2,26,31)(H,32,33,34). The predicted octanol–water partition coefficient (Wildman–Crippen LogP) is 1.56. The summed E-state index contributed by atoms with van der Waals surface area (Å²) in [7, 11) is -3.16. The molecule has 1 aliphatic heterocycles. The first-order valence-electron chi connectivity index (χ1n) is 11.0. The molecule has 4 rings (SSSR count). The van der Waals surface area contributed by atoms with Crippen molar-refractivity contribution in [1.29, 1.82) is 0 Å². The first kappa shape index (κ1) is 25.3. The number of imidazole rings is 1. The lowest BCUT2D eigenvalue weighted by molar-refractivity contribution is -0.140. The maximum absolute atomic E-state index is 13.0. The molecule has 0 bridgehead atoms. The molecule has 1 unspecified atom stereocenters. The molecule has 10 nitrogen and oxygen atoms in total. The zero-order chi connectivity index (χ0) is 26.1. The number of amides is 2. The van der Waals surface area contributed by atoms with Gasteiger partial charge < -0.3 is 19.9 Å². The van der Waals surface area contributed by atoms with E-state index in [1.54, 1.807) is 18.2 Å². The summed E-state index contributed by atoms with van der Waals surface area (Å²) in [5, 5.41) is -0.641. The minimum Gasteiger partial charge on any atom is -0.473 e. The van der Waals surface area contributed by atoms with Gasteiger partial charge in [0.25, 0.3) is 11.8 Å². The second kappa shape index (κ2) is 9.70. The molecule has 1 aromatic heterocycles. The van der Waals surface area contributed by atoms with Gasteiger partial charge in [0, 0.05) is 31.7 Å². The van der Waals surface area contributed by atoms with Gasteiger partial charge in [0.2, 0.25) is 11.1 Å². The lowest BCUT2D eigenvalue weighted by Gasteiger charge is -2.50. The monoisotopic (exact) mass is 516 g/mol. The van der Waals surface area contributed by atoms with Crippen molar-refractivity contribution < 1.29 is 31.7 Å². The lowest BCUT2D eigenvalue weighted by atomic mass is 9.69. The molecule has 1 atom stereocenters. The number of likely N-dealkylation sites (tertiary alicyclic amines) is 1. The van der Waals surface area contributed by atoms with Gasteiger partial charge in [0.15, 0.2) is 12.5 Å². The van der Waals surface area contributed by atoms with Gasteiger partial charge in [0.1, 0.15) is 5.75 Å². The Morgan fingerprint density at radius 3 is 2.47 bits per heavy atom. The maximum Gasteiger partial charge on any atom is 0.313 e. The van der Waals surface area contributed by atoms with E-state index in [0.717, 1.165) is 17.3 Å². The van der Waals surface area contributed by atoms with E-state index in [2.05, 4.69) is 4.98 Å². The third kappa shape index (κ3) is 5.09. The number of aromatic nitrogens is 2. The Labute approximate surface area is 207 Å². The number of nitrogens with zero attached hydrogens (tertiary/aromatic N) is 3. The van der Waals surface area contributed by atoms with Gasteiger partial charge in [-0.15, -0.1) is 0 Å². The molecular weight excluding hydrogens is 491 g/mol. The summed E-state index contributed by atoms with van der Waals surface area (Å²) in [6.45, 7) is -0.449. The molecule has 0 saturated carbocycles. The lowest BCUT2D eigenvalue weighted by Crippen LogP contribution is -2.62. The Morgan fingerprint density at radius 2 is 1.89 bits per heavy atom. The molecule has 1 saturated heterocycles. The summed E-state index contributed by atoms with van der Waals surface area (Å²) < 4.78 is 52.3. The second-order valence-corrected chi connectivity index (χ2v) is 10.1. The van der Waals surface area contributed by atoms with E-state index >= 15 is 0 Å². The molecule has 1 aliphatic rings. The SMILES string of the molecule is Cn1cc(S(=O)(=O)O)nc1C(Oc1cccc(C2(Cc3ccccc3)CN(C(=O)CF)C2)c1)C(N)=O. The van der Waals surface area contributed by atoms with Crippen molar-refractivity contribution in [3.63, 3.8) is 0 Å². The average Bonchev–Trinajstić information content (AvgIpc) is 3.21. The fraction of sp³-hybridized carbons (Fsp3) is 0.292. The molecule has 1 fully saturated rings. The minimum absolute atomic E-state index is 0.108. The van der Waals surface area contributed by atoms with E-state index in [4.69, 9.17) is 10.5 Å². The largest absolute Gasteiger partial charge is 0.473 e. The van der Waals surface area contributed by atoms with Crippen molar-refractivity contribution in [1.82, 2.24) is 14.5 Å². The van der Waals surface area contributed by atoms with Crippen LogP contribution in [0, 0.1) is 0 Å². The molecule has 2 aromatic carbocycles. The highest BCUT2D eigenvalue weighted by Crippen LogP contribution is 2.39. The van der Waals surface area contributed by atoms with Crippen molar-refractivity contribution >= 4 is 21.9 Å². The third-order valence-corrected chi connectivity index (χ3v) is 6.91. The van der Waals surface area contributed by atoms with Gasteiger partial charge in [-0.05, 0) is 29.7 Å². The molecule has 2 amide bonds. The Morgan fingerprint density at radius 1 is 1.19 bits per heavy atom. The Bertz CT molecular complexity index is 1390. The van der Waals surface area contributed by atoms with Crippen LogP contribution >= 0.6 is 0 Å². The summed E-state index contributed by atoms with van der Waals surface area (Å²) in [5.41, 5.74) is 6.87. The Balaban J connectivity index is 1.65. The highest BCUT2D eigenvalue weighted by molar-refractivity contribution is 7.85. The van der Waals surface area contributed by atoms with E-state index in [0.29, 0.717) is 19.5 Å². The van der Waals surface area contributed by atoms with Crippen molar-refractivity contribution in [2.75, 3.05) is 19.8 Å². The number of hydrogen-bond donors (Lipinski definition) is 2. The van der Waals surface area contributed by atoms with E-state index < -0.39 is 45.2 Å². The molecule has 0 aliphatic carbocycles. The van der Waals surface area contributed by atoms with Gasteiger partial charge in [-0.25, -0.2) is 9.37 Å². The summed E-state index contributed by atoms with van der Waals surface area (Å²) >= 11 is 0. The molecule has 0 spiro atoms. The van der Waals surface area contributed by atoms with Crippen molar-refractivity contribution in [2.45, 2.75) is 23.0 Å². The summed E-state index contributed by atoms with van der Waals surface area (Å²) in [6, 6.07) is 16.6. The molecule has 3 aromatic rings. The van der Waals surface area contributed by atoms with Crippen molar-refractivity contribution in [2.24, 2.45) is 12.8 Å². The smallest absolute Gasteiger partial charge is 0.313 e. The van der Waals surface area contributed by atoms with E-state index in [-0.39, 0.29) is 11.6 Å². The minimum atomic E-state index is -4.60. The molecule has 36 heavy (non-hydrogen) atoms. The number of benzene rings is 2. The van der Waals surface area contributed by atoms with Crippen LogP contribution in [-0.4, -0.2) is 59.0 Å². The topological polar surface area (TPSA) is 145 Å². The normalized spacial score (nSPS) is 15.7. The number of carbonyl (C=O) groups excluding carboxylic acids is 2. The fourth-order valence-corrected chi connectivity index (χ4v) is 4.92. The average molecular weight is 517 g/mol. The van der Waals surface area contributed by atoms with Gasteiger partial charge in [0.05, 0.1) is 0 Å². The number of primary amides is 1. The maximum atomic E-state index is 13.0. The van der Waals surface area contributed by atoms with Crippen LogP contribution in [0.4, 0.5) is 4.39 Å². The van der Waals surface area contributed by atoms with Crippen LogP contribution in [0.5, 0.6) is 5.75 Å². The molecule has 190 valence electrons. The highest BCUT2D eigenvalue weighted by atomic mass is 32.2. The van der Waals surface area contributed by atoms with Crippen LogP contribution in [0.25, 0.3) is 0 Å². The number of halogens is 1. The Hall–Kier alpha value is -3.77. The van der Waals surface area contributed by atoms with E-state index in [1.165, 1.54) is 16.5 Å². The molecule has 0 radical (unpaired) electrons. The van der Waals surface area contributed by atoms with Gasteiger partial charge in [-0.3, -0.25) is 14.1 Å². The second-order valence-electron chi connectivity index (χ2n) is 8.78. The van der Waals surface area contributed by atoms with Gasteiger partial charge >= 0.3 is 10.1 Å². The van der Waals surface area contributed by atoms with Crippen LogP contribution < -0.4 is 10.5 Å². The van der Waals surface area contributed by atoms with E-state index in [9.17, 15) is 27.0 Å². The number of ether oxygens (including phenoxy) is 1. The van der Waals surface area contributed by atoms with Crippen LogP contribution in [-0.2, 0) is 38.6 Å². The van der Waals surface area contributed by atoms with E-state index in [1.807, 2.05) is 36.4 Å². The summed E-state index contributed by atoms with van der Waals surface area (Å²) in [4.78, 5) is 29.4. The van der Waals surface area contributed by atoms with Crippen molar-refractivity contribution in [3.05, 3.63) is 77.7 Å². The number of carbonyl (C=O) groups is 2. The molecule has 3 N–H and O–H groups in total. The number of rotatable bonds is 9. The molecule has 2 heterocycles. The zero-order valence-corrected chi connectivity index (χ0v) is 20.2. The molecular formula is C24H25FN4O6S. The number of hydrogen-bond acceptors (Lipinski definition) is 6. The summed E-state index contributed by atoms with van der Waals surface area (Å²) in [6.07, 6.45) is 0.181. The van der Waals surface area contributed by atoms with Crippen LogP contribution in [0.15, 0.2) is 65.8 Å². The highest BCUT2D eigenvalue weighted by Gasteiger charge is 2.46. The van der Waals surface area contributed by atoms with Gasteiger partial charge in [-0.1, -0.05) is 42.5 Å². The quantitative estimate of drug-likeness (QED) is 0.411. The van der Waals surface area contributed by atoms with Gasteiger partial charge in [-0.2, -0.15) is 8.42 Å². The Kier molecular flexibility index (Phi) is 6.83. The number of nitrogens with two attached hydrogens (primary N) is 1. The molecule has 12 heteroatoms. The number of alkyl halides is 1. The summed E-state index contributed by atoms with van der Waals surface area (Å²) in [5.74, 6) is -1.35. The first-order valence-corrected chi connectivity index (χ1v) is 12.4. The fourth-order valence-electron chi connectivity index (χ4n) is 4.42. The van der Waals surface area contributed by atoms with Crippen LogP contribution in [0.1, 0.15) is 23.1 Å². The van der Waals surface area contributed by atoms with Crippen LogP contribution in [0.2, 0.25) is 0 Å². The third-order valence-electron chi connectivity index (χ3n) is 6.19.